The van der Waals surface area contributed by atoms with Gasteiger partial charge in [-0.1, -0.05) is 0 Å². The molecular weight excluding hydrogens is 386 g/mol. The predicted octanol–water partition coefficient (Wildman–Crippen LogP) is 1.71. The van der Waals surface area contributed by atoms with Gasteiger partial charge in [-0.3, -0.25) is 14.2 Å². The number of hydrogen-bond donors (Lipinski definition) is 2. The number of carbonyl (C=O) groups is 1. The summed E-state index contributed by atoms with van der Waals surface area (Å²) in [5.41, 5.74) is 2.81. The van der Waals surface area contributed by atoms with E-state index >= 15 is 0 Å². The Kier molecular flexibility index (Phi) is 4.44. The van der Waals surface area contributed by atoms with Crippen molar-refractivity contribution in [3.8, 4) is 0 Å². The first-order valence-electron chi connectivity index (χ1n) is 8.19. The lowest BCUT2D eigenvalue weighted by Crippen LogP contribution is -2.29. The van der Waals surface area contributed by atoms with E-state index in [0.29, 0.717) is 23.6 Å². The zero-order valence-electron chi connectivity index (χ0n) is 14.4. The van der Waals surface area contributed by atoms with Crippen LogP contribution in [0, 0.1) is 0 Å². The number of nitrogens with one attached hydrogen (secondary N) is 2. The van der Waals surface area contributed by atoms with Gasteiger partial charge in [0, 0.05) is 18.7 Å². The van der Waals surface area contributed by atoms with Crippen molar-refractivity contribution in [3.05, 3.63) is 63.9 Å². The average molecular weight is 403 g/mol. The third kappa shape index (κ3) is 3.45. The van der Waals surface area contributed by atoms with E-state index in [0.717, 1.165) is 11.1 Å². The molecule has 0 saturated heterocycles. The third-order valence-corrected chi connectivity index (χ3v) is 6.36. The largest absolute Gasteiger partial charge is 0.348 e. The van der Waals surface area contributed by atoms with Gasteiger partial charge in [-0.2, -0.15) is 16.4 Å². The van der Waals surface area contributed by atoms with Gasteiger partial charge in [0.05, 0.1) is 17.9 Å². The number of amides is 1. The van der Waals surface area contributed by atoms with Crippen LogP contribution in [-0.4, -0.2) is 42.3 Å². The van der Waals surface area contributed by atoms with E-state index in [1.165, 1.54) is 16.9 Å². The summed E-state index contributed by atoms with van der Waals surface area (Å²) in [7, 11) is -3.44. The molecule has 0 saturated carbocycles. The molecule has 8 nitrogen and oxygen atoms in total. The molecule has 0 radical (unpaired) electrons. The second-order valence-corrected chi connectivity index (χ2v) is 8.99. The molecule has 10 heteroatoms. The fraction of sp³-hybridized carbons (Fsp3) is 0.235. The molecule has 3 aromatic rings. The minimum Gasteiger partial charge on any atom is -0.348 e. The molecular formula is C17H17N5O3S2. The SMILES string of the molecule is CS(=O)(=O)N1C[C@@H](c2ncn[nH]2)c2cc(C(=O)NCc3ccsc3)ccc21. The Labute approximate surface area is 160 Å². The Balaban J connectivity index is 1.65. The molecule has 3 heterocycles. The van der Waals surface area contributed by atoms with Gasteiger partial charge < -0.3 is 5.32 Å². The highest BCUT2D eigenvalue weighted by molar-refractivity contribution is 7.92. The Morgan fingerprint density at radius 2 is 2.26 bits per heavy atom. The molecule has 2 aromatic heterocycles. The average Bonchev–Trinajstić information content (AvgIpc) is 3.37. The van der Waals surface area contributed by atoms with Crippen LogP contribution in [0.3, 0.4) is 0 Å². The fourth-order valence-electron chi connectivity index (χ4n) is 3.17. The van der Waals surface area contributed by atoms with Crippen molar-refractivity contribution < 1.29 is 13.2 Å². The molecule has 2 N–H and O–H groups in total. The van der Waals surface area contributed by atoms with Crippen LogP contribution >= 0.6 is 11.3 Å². The number of anilines is 1. The first-order chi connectivity index (χ1) is 12.9. The zero-order valence-corrected chi connectivity index (χ0v) is 16.0. The lowest BCUT2D eigenvalue weighted by Gasteiger charge is -2.16. The molecule has 1 aliphatic heterocycles. The van der Waals surface area contributed by atoms with Crippen molar-refractivity contribution in [3.63, 3.8) is 0 Å². The van der Waals surface area contributed by atoms with Crippen LogP contribution in [0.5, 0.6) is 0 Å². The third-order valence-electron chi connectivity index (χ3n) is 4.48. The summed E-state index contributed by atoms with van der Waals surface area (Å²) in [6, 6.07) is 7.00. The minimum atomic E-state index is -3.44. The lowest BCUT2D eigenvalue weighted by molar-refractivity contribution is 0.0951. The van der Waals surface area contributed by atoms with Crippen LogP contribution in [0.4, 0.5) is 5.69 Å². The Morgan fingerprint density at radius 3 is 2.93 bits per heavy atom. The molecule has 4 rings (SSSR count). The normalized spacial score (nSPS) is 16.3. The highest BCUT2D eigenvalue weighted by Gasteiger charge is 2.36. The molecule has 1 aliphatic rings. The van der Waals surface area contributed by atoms with Gasteiger partial charge in [0.25, 0.3) is 5.91 Å². The summed E-state index contributed by atoms with van der Waals surface area (Å²) in [5.74, 6) is 0.0539. The van der Waals surface area contributed by atoms with Crippen molar-refractivity contribution in [2.45, 2.75) is 12.5 Å². The second kappa shape index (κ2) is 6.78. The number of fused-ring (bicyclic) bond motifs is 1. The monoisotopic (exact) mass is 403 g/mol. The standard InChI is InChI=1S/C17H17N5O3S2/c1-27(24,25)22-8-14(16-19-10-20-21-16)13-6-12(2-3-15(13)22)17(23)18-7-11-4-5-26-9-11/h2-6,9-10,14H,7-8H2,1H3,(H,18,23)(H,19,20,21)/t14-/m1/s1. The van der Waals surface area contributed by atoms with Crippen LogP contribution in [-0.2, 0) is 16.6 Å². The quantitative estimate of drug-likeness (QED) is 0.674. The summed E-state index contributed by atoms with van der Waals surface area (Å²) in [5, 5.41) is 13.5. The number of hydrogen-bond acceptors (Lipinski definition) is 6. The van der Waals surface area contributed by atoms with Gasteiger partial charge in [0.15, 0.2) is 0 Å². The maximum Gasteiger partial charge on any atom is 0.251 e. The summed E-state index contributed by atoms with van der Waals surface area (Å²) >= 11 is 1.57. The Hall–Kier alpha value is -2.72. The summed E-state index contributed by atoms with van der Waals surface area (Å²) in [4.78, 5) is 16.7. The molecule has 140 valence electrons. The Morgan fingerprint density at radius 1 is 1.41 bits per heavy atom. The minimum absolute atomic E-state index is 0.210. The summed E-state index contributed by atoms with van der Waals surface area (Å²) < 4.78 is 25.7. The summed E-state index contributed by atoms with van der Waals surface area (Å²) in [6.45, 7) is 0.670. The zero-order chi connectivity index (χ0) is 19.0. The first-order valence-corrected chi connectivity index (χ1v) is 11.0. The lowest BCUT2D eigenvalue weighted by atomic mass is 9.98. The van der Waals surface area contributed by atoms with E-state index in [9.17, 15) is 13.2 Å². The number of aromatic amines is 1. The van der Waals surface area contributed by atoms with E-state index in [1.807, 2.05) is 16.8 Å². The number of thiophene rings is 1. The van der Waals surface area contributed by atoms with Gasteiger partial charge in [-0.05, 0) is 46.2 Å². The number of carbonyl (C=O) groups excluding carboxylic acids is 1. The van der Waals surface area contributed by atoms with Gasteiger partial charge in [0.2, 0.25) is 10.0 Å². The molecule has 0 fully saturated rings. The topological polar surface area (TPSA) is 108 Å². The van der Waals surface area contributed by atoms with Gasteiger partial charge >= 0.3 is 0 Å². The number of sulfonamides is 1. The highest BCUT2D eigenvalue weighted by atomic mass is 32.2. The van der Waals surface area contributed by atoms with E-state index in [1.54, 1.807) is 29.5 Å². The molecule has 27 heavy (non-hydrogen) atoms. The number of nitrogens with zero attached hydrogens (tertiary/aromatic N) is 3. The van der Waals surface area contributed by atoms with Crippen LogP contribution in [0.1, 0.15) is 33.2 Å². The summed E-state index contributed by atoms with van der Waals surface area (Å²) in [6.07, 6.45) is 2.55. The number of rotatable bonds is 5. The second-order valence-electron chi connectivity index (χ2n) is 6.31. The maximum absolute atomic E-state index is 12.5. The predicted molar refractivity (Wildman–Crippen MR) is 102 cm³/mol. The number of H-pyrrole nitrogens is 1. The molecule has 0 aliphatic carbocycles. The van der Waals surface area contributed by atoms with Crippen LogP contribution in [0.2, 0.25) is 0 Å². The van der Waals surface area contributed by atoms with Crippen molar-refractivity contribution in [2.75, 3.05) is 17.1 Å². The Bertz CT molecular complexity index is 1060. The van der Waals surface area contributed by atoms with Crippen molar-refractivity contribution >= 4 is 33.0 Å². The number of aromatic nitrogens is 3. The highest BCUT2D eigenvalue weighted by Crippen LogP contribution is 2.40. The van der Waals surface area contributed by atoms with Crippen LogP contribution in [0.15, 0.2) is 41.4 Å². The molecule has 1 atom stereocenters. The van der Waals surface area contributed by atoms with E-state index in [-0.39, 0.29) is 18.4 Å². The van der Waals surface area contributed by atoms with Crippen LogP contribution in [0.25, 0.3) is 0 Å². The smallest absolute Gasteiger partial charge is 0.251 e. The van der Waals surface area contributed by atoms with Crippen molar-refractivity contribution in [2.24, 2.45) is 0 Å². The van der Waals surface area contributed by atoms with Crippen LogP contribution < -0.4 is 9.62 Å². The van der Waals surface area contributed by atoms with Crippen molar-refractivity contribution in [1.29, 1.82) is 0 Å². The molecule has 1 aromatic carbocycles. The number of benzene rings is 1. The van der Waals surface area contributed by atoms with E-state index < -0.39 is 10.0 Å². The van der Waals surface area contributed by atoms with Crippen molar-refractivity contribution in [1.82, 2.24) is 20.5 Å². The van der Waals surface area contributed by atoms with E-state index in [2.05, 4.69) is 20.5 Å². The van der Waals surface area contributed by atoms with Gasteiger partial charge in [-0.15, -0.1) is 0 Å². The molecule has 0 unspecified atom stereocenters. The molecule has 0 spiro atoms. The van der Waals surface area contributed by atoms with E-state index in [4.69, 9.17) is 0 Å². The fourth-order valence-corrected chi connectivity index (χ4v) is 4.78. The molecule has 0 bridgehead atoms. The first kappa shape index (κ1) is 17.7. The van der Waals surface area contributed by atoms with Gasteiger partial charge in [-0.25, -0.2) is 13.4 Å². The molecule has 1 amide bonds. The van der Waals surface area contributed by atoms with Gasteiger partial charge in [0.1, 0.15) is 12.2 Å². The maximum atomic E-state index is 12.5.